The largest absolute Gasteiger partial charge is 0.573 e. The summed E-state index contributed by atoms with van der Waals surface area (Å²) in [6.07, 6.45) is -4.51. The average Bonchev–Trinajstić information content (AvgIpc) is 3.28. The molecular formula is C26H23ClF4N2O5. The molecule has 0 aliphatic carbocycles. The van der Waals surface area contributed by atoms with Crippen LogP contribution in [0.25, 0.3) is 0 Å². The standard InChI is InChI=1S/C26H23ClF4N2O5/c1-36-19-11-17(12-20(13-19)37-9-8-34)32-24(21-5-3-16(27)10-22(21)28)25(35)33-7-6-15-2-4-18(14-23(15)33)38-26(29,30)31/h2-5,10-14,24,32,34H,6-9H2,1H3/t24-/m1/s1. The molecule has 1 aliphatic heterocycles. The average molecular weight is 555 g/mol. The number of amides is 1. The lowest BCUT2D eigenvalue weighted by Crippen LogP contribution is -2.37. The number of anilines is 2. The fourth-order valence-electron chi connectivity index (χ4n) is 4.14. The van der Waals surface area contributed by atoms with Crippen LogP contribution in [0.2, 0.25) is 5.02 Å². The predicted octanol–water partition coefficient (Wildman–Crippen LogP) is 5.50. The summed E-state index contributed by atoms with van der Waals surface area (Å²) in [5, 5.41) is 12.2. The van der Waals surface area contributed by atoms with Gasteiger partial charge in [0.15, 0.2) is 0 Å². The number of fused-ring (bicyclic) bond motifs is 1. The molecule has 202 valence electrons. The van der Waals surface area contributed by atoms with Gasteiger partial charge < -0.3 is 29.5 Å². The monoisotopic (exact) mass is 554 g/mol. The minimum Gasteiger partial charge on any atom is -0.497 e. The number of alkyl halides is 3. The maximum atomic E-state index is 15.1. The third-order valence-electron chi connectivity index (χ3n) is 5.76. The number of ether oxygens (including phenoxy) is 3. The zero-order chi connectivity index (χ0) is 27.4. The summed E-state index contributed by atoms with van der Waals surface area (Å²) in [5.74, 6) is -1.15. The third kappa shape index (κ3) is 6.40. The molecule has 4 rings (SSSR count). The summed E-state index contributed by atoms with van der Waals surface area (Å²) in [6.45, 7) is -0.0564. The summed E-state index contributed by atoms with van der Waals surface area (Å²) in [6, 6.07) is 11.0. The first-order valence-electron chi connectivity index (χ1n) is 11.4. The van der Waals surface area contributed by atoms with E-state index in [0.717, 1.165) is 12.1 Å². The fraction of sp³-hybridized carbons (Fsp3) is 0.269. The first-order chi connectivity index (χ1) is 18.1. The number of aliphatic hydroxyl groups is 1. The predicted molar refractivity (Wildman–Crippen MR) is 133 cm³/mol. The second kappa shape index (κ2) is 11.4. The molecule has 3 aromatic carbocycles. The molecule has 12 heteroatoms. The van der Waals surface area contributed by atoms with Gasteiger partial charge in [0.05, 0.1) is 19.4 Å². The minimum absolute atomic E-state index is 0.00761. The van der Waals surface area contributed by atoms with Crippen LogP contribution in [-0.2, 0) is 11.2 Å². The van der Waals surface area contributed by atoms with E-state index in [4.69, 9.17) is 26.2 Å². The quantitative estimate of drug-likeness (QED) is 0.340. The number of carbonyl (C=O) groups is 1. The van der Waals surface area contributed by atoms with Crippen molar-refractivity contribution in [1.29, 1.82) is 0 Å². The number of rotatable bonds is 9. The van der Waals surface area contributed by atoms with Gasteiger partial charge in [-0.3, -0.25) is 4.79 Å². The highest BCUT2D eigenvalue weighted by atomic mass is 35.5. The summed E-state index contributed by atoms with van der Waals surface area (Å²) in [4.78, 5) is 15.1. The highest BCUT2D eigenvalue weighted by molar-refractivity contribution is 6.30. The lowest BCUT2D eigenvalue weighted by atomic mass is 10.0. The molecule has 38 heavy (non-hydrogen) atoms. The molecule has 0 saturated carbocycles. The Balaban J connectivity index is 1.72. The summed E-state index contributed by atoms with van der Waals surface area (Å²) in [7, 11) is 1.43. The van der Waals surface area contributed by atoms with Crippen LogP contribution in [0.3, 0.4) is 0 Å². The SMILES string of the molecule is COc1cc(N[C@@H](C(=O)N2CCc3ccc(OC(F)(F)F)cc32)c2ccc(Cl)cc2F)cc(OCCO)c1. The highest BCUT2D eigenvalue weighted by Crippen LogP contribution is 2.37. The van der Waals surface area contributed by atoms with E-state index in [1.807, 2.05) is 0 Å². The Hall–Kier alpha value is -3.70. The van der Waals surface area contributed by atoms with E-state index in [1.165, 1.54) is 36.3 Å². The molecule has 0 unspecified atom stereocenters. The van der Waals surface area contributed by atoms with E-state index >= 15 is 4.39 Å². The lowest BCUT2D eigenvalue weighted by molar-refractivity contribution is -0.274. The number of halogens is 5. The van der Waals surface area contributed by atoms with E-state index in [2.05, 4.69) is 10.1 Å². The van der Waals surface area contributed by atoms with Crippen LogP contribution in [0.1, 0.15) is 17.2 Å². The Morgan fingerprint density at radius 2 is 1.87 bits per heavy atom. The molecule has 0 fully saturated rings. The number of hydrogen-bond acceptors (Lipinski definition) is 6. The maximum absolute atomic E-state index is 15.1. The Kier molecular flexibility index (Phi) is 8.17. The number of nitrogens with zero attached hydrogens (tertiary/aromatic N) is 1. The molecule has 2 N–H and O–H groups in total. The Morgan fingerprint density at radius 1 is 1.11 bits per heavy atom. The van der Waals surface area contributed by atoms with E-state index in [9.17, 15) is 18.0 Å². The van der Waals surface area contributed by atoms with Crippen LogP contribution >= 0.6 is 11.6 Å². The van der Waals surface area contributed by atoms with Crippen molar-refractivity contribution in [2.75, 3.05) is 37.1 Å². The van der Waals surface area contributed by atoms with Gasteiger partial charge in [-0.1, -0.05) is 23.7 Å². The van der Waals surface area contributed by atoms with Gasteiger partial charge in [0.1, 0.15) is 35.7 Å². The first-order valence-corrected chi connectivity index (χ1v) is 11.8. The Morgan fingerprint density at radius 3 is 2.55 bits per heavy atom. The number of benzene rings is 3. The number of aliphatic hydroxyl groups excluding tert-OH is 1. The molecular weight excluding hydrogens is 532 g/mol. The third-order valence-corrected chi connectivity index (χ3v) is 5.99. The molecule has 0 radical (unpaired) electrons. The van der Waals surface area contributed by atoms with Gasteiger partial charge in [-0.2, -0.15) is 0 Å². The number of methoxy groups -OCH3 is 1. The minimum atomic E-state index is -4.90. The van der Waals surface area contributed by atoms with Gasteiger partial charge in [0.25, 0.3) is 5.91 Å². The van der Waals surface area contributed by atoms with Crippen LogP contribution in [0, 0.1) is 5.82 Å². The van der Waals surface area contributed by atoms with Gasteiger partial charge in [-0.15, -0.1) is 13.2 Å². The van der Waals surface area contributed by atoms with E-state index in [1.54, 1.807) is 18.2 Å². The van der Waals surface area contributed by atoms with Crippen molar-refractivity contribution in [2.45, 2.75) is 18.8 Å². The van der Waals surface area contributed by atoms with Gasteiger partial charge >= 0.3 is 6.36 Å². The van der Waals surface area contributed by atoms with Crippen molar-refractivity contribution < 1.29 is 41.7 Å². The maximum Gasteiger partial charge on any atom is 0.573 e. The van der Waals surface area contributed by atoms with Gasteiger partial charge in [-0.05, 0) is 30.2 Å². The second-order valence-electron chi connectivity index (χ2n) is 8.29. The number of nitrogens with one attached hydrogen (secondary N) is 1. The molecule has 1 aliphatic rings. The molecule has 1 heterocycles. The molecule has 0 saturated heterocycles. The smallest absolute Gasteiger partial charge is 0.497 e. The summed E-state index contributed by atoms with van der Waals surface area (Å²) in [5.41, 5.74) is 1.18. The summed E-state index contributed by atoms with van der Waals surface area (Å²) >= 11 is 5.92. The molecule has 0 bridgehead atoms. The van der Waals surface area contributed by atoms with Crippen molar-refractivity contribution in [1.82, 2.24) is 0 Å². The summed E-state index contributed by atoms with van der Waals surface area (Å²) < 4.78 is 68.2. The molecule has 0 spiro atoms. The normalized spacial score (nSPS) is 13.6. The second-order valence-corrected chi connectivity index (χ2v) is 8.73. The van der Waals surface area contributed by atoms with Crippen molar-refractivity contribution in [3.63, 3.8) is 0 Å². The van der Waals surface area contributed by atoms with Crippen LogP contribution in [-0.4, -0.2) is 44.2 Å². The van der Waals surface area contributed by atoms with Gasteiger partial charge in [0.2, 0.25) is 0 Å². The van der Waals surface area contributed by atoms with Crippen molar-refractivity contribution in [3.8, 4) is 17.2 Å². The molecule has 1 amide bonds. The fourth-order valence-corrected chi connectivity index (χ4v) is 4.29. The van der Waals surface area contributed by atoms with Crippen LogP contribution in [0.4, 0.5) is 28.9 Å². The van der Waals surface area contributed by atoms with Crippen LogP contribution in [0.5, 0.6) is 17.2 Å². The Bertz CT molecular complexity index is 1320. The van der Waals surface area contributed by atoms with E-state index in [-0.39, 0.29) is 36.0 Å². The molecule has 1 atom stereocenters. The van der Waals surface area contributed by atoms with E-state index in [0.29, 0.717) is 29.2 Å². The molecule has 3 aromatic rings. The first kappa shape index (κ1) is 27.3. The van der Waals surface area contributed by atoms with Crippen LogP contribution < -0.4 is 24.4 Å². The number of carbonyl (C=O) groups excluding carboxylic acids is 1. The van der Waals surface area contributed by atoms with Crippen molar-refractivity contribution in [3.05, 3.63) is 76.6 Å². The molecule has 0 aromatic heterocycles. The lowest BCUT2D eigenvalue weighted by Gasteiger charge is -2.27. The van der Waals surface area contributed by atoms with Crippen molar-refractivity contribution in [2.24, 2.45) is 0 Å². The van der Waals surface area contributed by atoms with Gasteiger partial charge in [0, 0.05) is 47.1 Å². The number of hydrogen-bond donors (Lipinski definition) is 2. The zero-order valence-electron chi connectivity index (χ0n) is 20.0. The van der Waals surface area contributed by atoms with Gasteiger partial charge in [-0.25, -0.2) is 4.39 Å². The zero-order valence-corrected chi connectivity index (χ0v) is 20.8. The topological polar surface area (TPSA) is 80.3 Å². The van der Waals surface area contributed by atoms with E-state index < -0.39 is 29.9 Å². The molecule has 7 nitrogen and oxygen atoms in total. The van der Waals surface area contributed by atoms with Crippen molar-refractivity contribution >= 4 is 28.9 Å². The highest BCUT2D eigenvalue weighted by Gasteiger charge is 2.35. The Labute approximate surface area is 220 Å². The van der Waals surface area contributed by atoms with Crippen LogP contribution in [0.15, 0.2) is 54.6 Å².